The molecule has 30 heavy (non-hydrogen) atoms. The molecule has 0 atom stereocenters. The van der Waals surface area contributed by atoms with Crippen molar-refractivity contribution >= 4 is 33.6 Å². The van der Waals surface area contributed by atoms with Gasteiger partial charge in [0.05, 0.1) is 45.3 Å². The first-order valence-electron chi connectivity index (χ1n) is 8.14. The summed E-state index contributed by atoms with van der Waals surface area (Å²) in [4.78, 5) is 22.7. The maximum Gasteiger partial charge on any atom is 0.340 e. The van der Waals surface area contributed by atoms with Crippen LogP contribution in [0, 0.1) is 13.8 Å². The molecule has 7 nitrogen and oxygen atoms in total. The molecule has 8 heteroatoms. The van der Waals surface area contributed by atoms with Crippen LogP contribution in [0.3, 0.4) is 0 Å². The maximum absolute atomic E-state index is 11.4. The van der Waals surface area contributed by atoms with E-state index < -0.39 is 5.97 Å². The summed E-state index contributed by atoms with van der Waals surface area (Å²) in [5.41, 5.74) is 8.56. The van der Waals surface area contributed by atoms with Crippen LogP contribution in [0.2, 0.25) is 0 Å². The molecule has 0 radical (unpaired) electrons. The average molecular weight is 486 g/mol. The molecule has 2 rings (SSSR count). The molecule has 0 aromatic heterocycles. The fourth-order valence-corrected chi connectivity index (χ4v) is 3.17. The standard InChI is InChI=1S/C10H11BrO3.C10H13NO3.2CH4/c2*1-6-4-7(13-2)5-8(11)9(6)10(12)14-3;;/h4-5H,1-3H3;4-5H,11H2,1-3H3;2*1H4. The minimum Gasteiger partial charge on any atom is -0.497 e. The zero-order valence-electron chi connectivity index (χ0n) is 16.7. The molecule has 0 saturated carbocycles. The van der Waals surface area contributed by atoms with Crippen LogP contribution in [-0.4, -0.2) is 40.4 Å². The Labute approximate surface area is 187 Å². The van der Waals surface area contributed by atoms with E-state index in [2.05, 4.69) is 25.4 Å². The predicted octanol–water partition coefficient (Wildman–Crippen LogP) is 5.20. The normalized spacial score (nSPS) is 9.03. The number of benzene rings is 2. The number of rotatable bonds is 4. The first-order valence-corrected chi connectivity index (χ1v) is 8.94. The second-order valence-electron chi connectivity index (χ2n) is 5.69. The Kier molecular flexibility index (Phi) is 13.2. The molecule has 168 valence electrons. The third-order valence-electron chi connectivity index (χ3n) is 3.85. The van der Waals surface area contributed by atoms with Gasteiger partial charge in [-0.3, -0.25) is 0 Å². The Hall–Kier alpha value is -2.74. The maximum atomic E-state index is 11.4. The summed E-state index contributed by atoms with van der Waals surface area (Å²) in [7, 11) is 5.81. The van der Waals surface area contributed by atoms with E-state index in [1.54, 1.807) is 45.4 Å². The van der Waals surface area contributed by atoms with E-state index in [0.717, 1.165) is 11.1 Å². The van der Waals surface area contributed by atoms with Crippen molar-refractivity contribution in [3.8, 4) is 11.5 Å². The van der Waals surface area contributed by atoms with Crippen molar-refractivity contribution in [2.75, 3.05) is 34.2 Å². The summed E-state index contributed by atoms with van der Waals surface area (Å²) in [5.74, 6) is 0.564. The largest absolute Gasteiger partial charge is 0.497 e. The van der Waals surface area contributed by atoms with Gasteiger partial charge in [-0.15, -0.1) is 0 Å². The Bertz CT molecular complexity index is 749. The minimum atomic E-state index is -0.428. The van der Waals surface area contributed by atoms with Crippen molar-refractivity contribution in [2.45, 2.75) is 28.7 Å². The molecule has 0 aliphatic rings. The first-order chi connectivity index (χ1) is 13.2. The van der Waals surface area contributed by atoms with Crippen LogP contribution in [0.25, 0.3) is 0 Å². The van der Waals surface area contributed by atoms with E-state index in [1.807, 2.05) is 6.92 Å². The molecule has 0 amide bonds. The lowest BCUT2D eigenvalue weighted by Gasteiger charge is -2.09. The van der Waals surface area contributed by atoms with Crippen LogP contribution in [-0.2, 0) is 9.47 Å². The van der Waals surface area contributed by atoms with Crippen molar-refractivity contribution < 1.29 is 28.5 Å². The topological polar surface area (TPSA) is 97.1 Å². The fourth-order valence-electron chi connectivity index (χ4n) is 2.47. The first kappa shape index (κ1) is 29.5. The summed E-state index contributed by atoms with van der Waals surface area (Å²) >= 11 is 3.30. The fraction of sp³-hybridized carbons (Fsp3) is 0.364. The monoisotopic (exact) mass is 485 g/mol. The number of methoxy groups -OCH3 is 4. The second kappa shape index (κ2) is 13.5. The lowest BCUT2D eigenvalue weighted by atomic mass is 10.1. The van der Waals surface area contributed by atoms with E-state index in [4.69, 9.17) is 15.2 Å². The number of nitrogen functional groups attached to an aromatic ring is 1. The van der Waals surface area contributed by atoms with Gasteiger partial charge in [-0.2, -0.15) is 0 Å². The van der Waals surface area contributed by atoms with Gasteiger partial charge in [-0.25, -0.2) is 9.59 Å². The number of hydrogen-bond acceptors (Lipinski definition) is 7. The number of aryl methyl sites for hydroxylation is 2. The highest BCUT2D eigenvalue weighted by Crippen LogP contribution is 2.27. The molecule has 0 saturated heterocycles. The second-order valence-corrected chi connectivity index (χ2v) is 6.55. The molecule has 2 aromatic rings. The van der Waals surface area contributed by atoms with Crippen molar-refractivity contribution in [1.82, 2.24) is 0 Å². The molecular formula is C22H32BrNO6. The summed E-state index contributed by atoms with van der Waals surface area (Å²) in [5, 5.41) is 0. The molecule has 0 spiro atoms. The molecule has 0 aliphatic carbocycles. The third kappa shape index (κ3) is 7.26. The number of carbonyl (C=O) groups is 2. The van der Waals surface area contributed by atoms with E-state index in [-0.39, 0.29) is 20.8 Å². The van der Waals surface area contributed by atoms with Crippen LogP contribution in [0.5, 0.6) is 11.5 Å². The van der Waals surface area contributed by atoms with Gasteiger partial charge in [-0.05, 0) is 59.1 Å². The van der Waals surface area contributed by atoms with Gasteiger partial charge in [-0.1, -0.05) is 14.9 Å². The highest BCUT2D eigenvalue weighted by molar-refractivity contribution is 9.10. The summed E-state index contributed by atoms with van der Waals surface area (Å²) in [6.07, 6.45) is 0. The van der Waals surface area contributed by atoms with Crippen LogP contribution in [0.15, 0.2) is 28.7 Å². The average Bonchev–Trinajstić information content (AvgIpc) is 2.66. The van der Waals surface area contributed by atoms with Gasteiger partial charge in [0, 0.05) is 10.5 Å². The summed E-state index contributed by atoms with van der Waals surface area (Å²) in [6.45, 7) is 3.62. The molecule has 0 aliphatic heterocycles. The van der Waals surface area contributed by atoms with E-state index in [9.17, 15) is 9.59 Å². The van der Waals surface area contributed by atoms with Crippen molar-refractivity contribution in [2.24, 2.45) is 0 Å². The predicted molar refractivity (Wildman–Crippen MR) is 124 cm³/mol. The number of anilines is 1. The van der Waals surface area contributed by atoms with Crippen molar-refractivity contribution in [3.63, 3.8) is 0 Å². The summed E-state index contributed by atoms with van der Waals surface area (Å²) < 4.78 is 20.0. The van der Waals surface area contributed by atoms with Crippen LogP contribution < -0.4 is 15.2 Å². The van der Waals surface area contributed by atoms with Gasteiger partial charge >= 0.3 is 11.9 Å². The van der Waals surface area contributed by atoms with E-state index >= 15 is 0 Å². The Morgan fingerprint density at radius 3 is 1.53 bits per heavy atom. The SMILES string of the molecule is C.C.COC(=O)c1c(C)cc(OC)cc1Br.COC(=O)c1c(C)cc(OC)cc1N. The smallest absolute Gasteiger partial charge is 0.340 e. The number of ether oxygens (including phenoxy) is 4. The molecule has 0 bridgehead atoms. The van der Waals surface area contributed by atoms with Crippen LogP contribution in [0.4, 0.5) is 5.69 Å². The Balaban J connectivity index is 0. The van der Waals surface area contributed by atoms with Gasteiger partial charge in [0.25, 0.3) is 0 Å². The van der Waals surface area contributed by atoms with Gasteiger partial charge in [0.15, 0.2) is 0 Å². The lowest BCUT2D eigenvalue weighted by Crippen LogP contribution is -2.08. The Morgan fingerprint density at radius 2 is 1.17 bits per heavy atom. The minimum absolute atomic E-state index is 0. The van der Waals surface area contributed by atoms with Crippen LogP contribution in [0.1, 0.15) is 46.7 Å². The molecule has 0 unspecified atom stereocenters. The lowest BCUT2D eigenvalue weighted by molar-refractivity contribution is 0.0590. The van der Waals surface area contributed by atoms with Gasteiger partial charge < -0.3 is 24.7 Å². The van der Waals surface area contributed by atoms with Crippen LogP contribution >= 0.6 is 15.9 Å². The van der Waals surface area contributed by atoms with E-state index in [1.165, 1.54) is 14.2 Å². The quantitative estimate of drug-likeness (QED) is 0.469. The number of nitrogens with two attached hydrogens (primary N) is 1. The molecule has 0 fully saturated rings. The number of carbonyl (C=O) groups excluding carboxylic acids is 2. The highest BCUT2D eigenvalue weighted by Gasteiger charge is 2.15. The summed E-state index contributed by atoms with van der Waals surface area (Å²) in [6, 6.07) is 6.86. The molecule has 2 N–H and O–H groups in total. The number of esters is 2. The third-order valence-corrected chi connectivity index (χ3v) is 4.48. The zero-order valence-corrected chi connectivity index (χ0v) is 18.3. The molecule has 2 aromatic carbocycles. The molecule has 0 heterocycles. The van der Waals surface area contributed by atoms with Crippen molar-refractivity contribution in [1.29, 1.82) is 0 Å². The number of hydrogen-bond donors (Lipinski definition) is 1. The van der Waals surface area contributed by atoms with E-state index in [0.29, 0.717) is 32.8 Å². The zero-order chi connectivity index (χ0) is 21.4. The van der Waals surface area contributed by atoms with Gasteiger partial charge in [0.1, 0.15) is 11.5 Å². The van der Waals surface area contributed by atoms with Gasteiger partial charge in [0.2, 0.25) is 0 Å². The Morgan fingerprint density at radius 1 is 0.767 bits per heavy atom. The van der Waals surface area contributed by atoms with Crippen molar-refractivity contribution in [3.05, 3.63) is 51.0 Å². The number of halogens is 1. The molecular weight excluding hydrogens is 454 g/mol. The highest BCUT2D eigenvalue weighted by atomic mass is 79.9.